The third-order valence-electron chi connectivity index (χ3n) is 1.61. The van der Waals surface area contributed by atoms with E-state index in [1.807, 2.05) is 11.8 Å². The smallest absolute Gasteiger partial charge is 0.0444 e. The lowest BCUT2D eigenvalue weighted by Crippen LogP contribution is -1.87. The Morgan fingerprint density at radius 2 is 1.82 bits per heavy atom. The first-order valence-electron chi connectivity index (χ1n) is 4.57. The van der Waals surface area contributed by atoms with E-state index in [1.54, 1.807) is 0 Å². The van der Waals surface area contributed by atoms with Crippen LogP contribution in [0.3, 0.4) is 0 Å². The molecule has 0 saturated heterocycles. The molecule has 0 saturated carbocycles. The maximum atomic E-state index is 4.30. The number of hydrogen-bond acceptors (Lipinski definition) is 2. The Hall–Kier alpha value is 0.700. The fraction of sp³-hybridized carbons (Fsp3) is 1.00. The van der Waals surface area contributed by atoms with Crippen molar-refractivity contribution in [3.05, 3.63) is 0 Å². The fourth-order valence-corrected chi connectivity index (χ4v) is 1.99. The molecular weight excluding hydrogens is 172 g/mol. The first kappa shape index (κ1) is 11.7. The zero-order valence-electron chi connectivity index (χ0n) is 7.68. The summed E-state index contributed by atoms with van der Waals surface area (Å²) in [6.07, 6.45) is 6.94. The Kier molecular flexibility index (Phi) is 9.35. The second-order valence-corrected chi connectivity index (χ2v) is 5.46. The zero-order chi connectivity index (χ0) is 8.53. The predicted molar refractivity (Wildman–Crippen MR) is 59.7 cm³/mol. The number of thioether (sulfide) groups is 1. The Balaban J connectivity index is 2.80. The summed E-state index contributed by atoms with van der Waals surface area (Å²) >= 11 is 6.26. The van der Waals surface area contributed by atoms with Crippen molar-refractivity contribution >= 4 is 24.4 Å². The van der Waals surface area contributed by atoms with E-state index in [2.05, 4.69) is 26.5 Å². The van der Waals surface area contributed by atoms with E-state index in [9.17, 15) is 0 Å². The van der Waals surface area contributed by atoms with Crippen molar-refractivity contribution in [3.8, 4) is 0 Å². The van der Waals surface area contributed by atoms with Crippen LogP contribution in [0.1, 0.15) is 46.0 Å². The molecule has 0 fully saturated rings. The van der Waals surface area contributed by atoms with Gasteiger partial charge in [0.25, 0.3) is 0 Å². The Labute approximate surface area is 80.9 Å². The van der Waals surface area contributed by atoms with Crippen LogP contribution in [-0.4, -0.2) is 10.3 Å². The first-order valence-corrected chi connectivity index (χ1v) is 6.13. The lowest BCUT2D eigenvalue weighted by atomic mass is 10.2. The first-order chi connectivity index (χ1) is 5.27. The quantitative estimate of drug-likeness (QED) is 0.362. The van der Waals surface area contributed by atoms with Gasteiger partial charge < -0.3 is 0 Å². The van der Waals surface area contributed by atoms with Gasteiger partial charge in [0.05, 0.1) is 0 Å². The minimum Gasteiger partial charge on any atom is -0.165 e. The SMILES string of the molecule is CCCCCCCSC(C)S. The van der Waals surface area contributed by atoms with Crippen LogP contribution in [0.5, 0.6) is 0 Å². The second-order valence-electron chi connectivity index (χ2n) is 2.88. The average molecular weight is 192 g/mol. The van der Waals surface area contributed by atoms with Crippen LogP contribution in [-0.2, 0) is 0 Å². The maximum Gasteiger partial charge on any atom is 0.0444 e. The Bertz CT molecular complexity index is 72.0. The molecule has 0 nitrogen and oxygen atoms in total. The number of hydrogen-bond donors (Lipinski definition) is 1. The average Bonchev–Trinajstić information content (AvgIpc) is 1.96. The van der Waals surface area contributed by atoms with Gasteiger partial charge in [0.1, 0.15) is 0 Å². The summed E-state index contributed by atoms with van der Waals surface area (Å²) < 4.78 is 0.515. The van der Waals surface area contributed by atoms with Gasteiger partial charge in [-0.15, -0.1) is 11.8 Å². The largest absolute Gasteiger partial charge is 0.165 e. The van der Waals surface area contributed by atoms with Gasteiger partial charge in [-0.05, 0) is 19.1 Å². The topological polar surface area (TPSA) is 0 Å². The highest BCUT2D eigenvalue weighted by Gasteiger charge is 1.94. The normalized spacial score (nSPS) is 13.4. The van der Waals surface area contributed by atoms with E-state index in [0.29, 0.717) is 4.58 Å². The fourth-order valence-electron chi connectivity index (χ4n) is 0.960. The van der Waals surface area contributed by atoms with Crippen molar-refractivity contribution in [2.45, 2.75) is 50.5 Å². The molecule has 1 unspecified atom stereocenters. The predicted octanol–water partition coefficient (Wildman–Crippen LogP) is 3.97. The number of thiol groups is 1. The highest BCUT2D eigenvalue weighted by atomic mass is 32.2. The monoisotopic (exact) mass is 192 g/mol. The van der Waals surface area contributed by atoms with Crippen LogP contribution < -0.4 is 0 Å². The highest BCUT2D eigenvalue weighted by molar-refractivity contribution is 8.10. The van der Waals surface area contributed by atoms with E-state index in [0.717, 1.165) is 0 Å². The van der Waals surface area contributed by atoms with Crippen LogP contribution in [0.2, 0.25) is 0 Å². The molecule has 0 radical (unpaired) electrons. The van der Waals surface area contributed by atoms with E-state index < -0.39 is 0 Å². The minimum absolute atomic E-state index is 0.515. The van der Waals surface area contributed by atoms with Gasteiger partial charge in [-0.2, -0.15) is 12.6 Å². The maximum absolute atomic E-state index is 4.30. The number of rotatable bonds is 7. The molecule has 0 aliphatic heterocycles. The van der Waals surface area contributed by atoms with E-state index in [4.69, 9.17) is 0 Å². The molecule has 0 aromatic carbocycles. The molecule has 2 heteroatoms. The van der Waals surface area contributed by atoms with Gasteiger partial charge in [0, 0.05) is 4.58 Å². The molecule has 0 bridgehead atoms. The molecule has 68 valence electrons. The molecule has 0 aromatic rings. The summed E-state index contributed by atoms with van der Waals surface area (Å²) in [5.41, 5.74) is 0. The van der Waals surface area contributed by atoms with Crippen LogP contribution >= 0.6 is 24.4 Å². The van der Waals surface area contributed by atoms with Gasteiger partial charge in [-0.3, -0.25) is 0 Å². The molecular formula is C9H20S2. The molecule has 0 aliphatic carbocycles. The highest BCUT2D eigenvalue weighted by Crippen LogP contribution is 2.16. The number of unbranched alkanes of at least 4 members (excludes halogenated alkanes) is 4. The standard InChI is InChI=1S/C9H20S2/c1-3-4-5-6-7-8-11-9(2)10/h9-10H,3-8H2,1-2H3. The van der Waals surface area contributed by atoms with Crippen molar-refractivity contribution in [3.63, 3.8) is 0 Å². The van der Waals surface area contributed by atoms with Crippen LogP contribution in [0.15, 0.2) is 0 Å². The van der Waals surface area contributed by atoms with Gasteiger partial charge in [-0.25, -0.2) is 0 Å². The van der Waals surface area contributed by atoms with Crippen molar-refractivity contribution in [1.29, 1.82) is 0 Å². The van der Waals surface area contributed by atoms with E-state index in [-0.39, 0.29) is 0 Å². The van der Waals surface area contributed by atoms with Crippen molar-refractivity contribution in [2.75, 3.05) is 5.75 Å². The third-order valence-corrected chi connectivity index (χ3v) is 3.06. The lowest BCUT2D eigenvalue weighted by molar-refractivity contribution is 0.659. The third kappa shape index (κ3) is 10.7. The van der Waals surface area contributed by atoms with Gasteiger partial charge >= 0.3 is 0 Å². The summed E-state index contributed by atoms with van der Waals surface area (Å²) in [6, 6.07) is 0. The summed E-state index contributed by atoms with van der Waals surface area (Å²) in [4.78, 5) is 0. The molecule has 11 heavy (non-hydrogen) atoms. The Morgan fingerprint density at radius 3 is 2.36 bits per heavy atom. The summed E-state index contributed by atoms with van der Waals surface area (Å²) in [6.45, 7) is 4.39. The van der Waals surface area contributed by atoms with Crippen LogP contribution in [0.25, 0.3) is 0 Å². The minimum atomic E-state index is 0.515. The van der Waals surface area contributed by atoms with Crippen LogP contribution in [0, 0.1) is 0 Å². The van der Waals surface area contributed by atoms with Gasteiger partial charge in [0.2, 0.25) is 0 Å². The zero-order valence-corrected chi connectivity index (χ0v) is 9.39. The summed E-state index contributed by atoms with van der Waals surface area (Å²) in [5.74, 6) is 1.29. The Morgan fingerprint density at radius 1 is 1.18 bits per heavy atom. The molecule has 0 heterocycles. The van der Waals surface area contributed by atoms with E-state index in [1.165, 1.54) is 37.9 Å². The molecule has 0 amide bonds. The molecule has 1 atom stereocenters. The molecule has 0 spiro atoms. The van der Waals surface area contributed by atoms with Gasteiger partial charge in [0.15, 0.2) is 0 Å². The lowest BCUT2D eigenvalue weighted by Gasteiger charge is -2.02. The van der Waals surface area contributed by atoms with E-state index >= 15 is 0 Å². The van der Waals surface area contributed by atoms with Crippen molar-refractivity contribution in [1.82, 2.24) is 0 Å². The molecule has 0 rings (SSSR count). The summed E-state index contributed by atoms with van der Waals surface area (Å²) in [7, 11) is 0. The van der Waals surface area contributed by atoms with Crippen molar-refractivity contribution in [2.24, 2.45) is 0 Å². The van der Waals surface area contributed by atoms with Gasteiger partial charge in [-0.1, -0.05) is 32.6 Å². The molecule has 0 N–H and O–H groups in total. The molecule has 0 aliphatic rings. The second kappa shape index (κ2) is 8.79. The molecule has 0 aromatic heterocycles. The van der Waals surface area contributed by atoms with Crippen LogP contribution in [0.4, 0.5) is 0 Å². The summed E-state index contributed by atoms with van der Waals surface area (Å²) in [5, 5.41) is 0. The van der Waals surface area contributed by atoms with Crippen molar-refractivity contribution < 1.29 is 0 Å².